The van der Waals surface area contributed by atoms with Crippen LogP contribution in [0.4, 0.5) is 13.2 Å². The molecule has 0 saturated carbocycles. The van der Waals surface area contributed by atoms with Gasteiger partial charge in [0.05, 0.1) is 0 Å². The van der Waals surface area contributed by atoms with Crippen molar-refractivity contribution in [2.75, 3.05) is 19.6 Å². The van der Waals surface area contributed by atoms with Gasteiger partial charge in [-0.3, -0.25) is 0 Å². The van der Waals surface area contributed by atoms with E-state index in [9.17, 15) is 21.6 Å². The van der Waals surface area contributed by atoms with Crippen molar-refractivity contribution in [2.24, 2.45) is 5.92 Å². The van der Waals surface area contributed by atoms with Crippen molar-refractivity contribution in [1.82, 2.24) is 14.8 Å². The topological polar surface area (TPSA) is 70.2 Å². The van der Waals surface area contributed by atoms with Crippen LogP contribution in [0.3, 0.4) is 0 Å². The first kappa shape index (κ1) is 15.7. The molecular weight excluding hydrogens is 271 g/mol. The van der Waals surface area contributed by atoms with Gasteiger partial charge in [-0.1, -0.05) is 6.92 Å². The minimum atomic E-state index is -4.55. The zero-order chi connectivity index (χ0) is 13.8. The first-order chi connectivity index (χ1) is 8.20. The van der Waals surface area contributed by atoms with Crippen LogP contribution in [0.25, 0.3) is 0 Å². The Morgan fingerprint density at radius 3 is 2.56 bits per heavy atom. The normalized spacial score (nSPS) is 26.2. The van der Waals surface area contributed by atoms with E-state index in [2.05, 4.69) is 10.0 Å². The van der Waals surface area contributed by atoms with E-state index in [-0.39, 0.29) is 12.6 Å². The predicted octanol–water partition coefficient (Wildman–Crippen LogP) is 0.361. The highest BCUT2D eigenvalue weighted by molar-refractivity contribution is 7.87. The average Bonchev–Trinajstić information content (AvgIpc) is 2.25. The van der Waals surface area contributed by atoms with Gasteiger partial charge in [-0.2, -0.15) is 26.3 Å². The molecule has 1 heterocycles. The maximum Gasteiger partial charge on any atom is 0.402 e. The molecule has 1 aliphatic rings. The van der Waals surface area contributed by atoms with Gasteiger partial charge in [0, 0.05) is 12.6 Å². The largest absolute Gasteiger partial charge is 0.402 e. The van der Waals surface area contributed by atoms with Crippen LogP contribution in [0.2, 0.25) is 0 Å². The maximum atomic E-state index is 11.9. The lowest BCUT2D eigenvalue weighted by Gasteiger charge is -2.30. The first-order valence-corrected chi connectivity index (χ1v) is 7.22. The summed E-state index contributed by atoms with van der Waals surface area (Å²) < 4.78 is 61.8. The molecule has 1 fully saturated rings. The van der Waals surface area contributed by atoms with E-state index in [1.54, 1.807) is 0 Å². The minimum absolute atomic E-state index is 0.0405. The van der Waals surface area contributed by atoms with Gasteiger partial charge in [-0.25, -0.2) is 4.72 Å². The molecule has 1 saturated heterocycles. The number of rotatable bonds is 5. The summed E-state index contributed by atoms with van der Waals surface area (Å²) in [6, 6.07) is -0.0405. The molecule has 2 unspecified atom stereocenters. The molecule has 0 aromatic carbocycles. The van der Waals surface area contributed by atoms with E-state index in [1.807, 2.05) is 6.92 Å². The summed E-state index contributed by atoms with van der Waals surface area (Å²) in [7, 11) is -4.10. The summed E-state index contributed by atoms with van der Waals surface area (Å²) >= 11 is 0. The van der Waals surface area contributed by atoms with Crippen molar-refractivity contribution >= 4 is 10.2 Å². The number of halogens is 3. The fourth-order valence-electron chi connectivity index (χ4n) is 1.81. The van der Waals surface area contributed by atoms with Gasteiger partial charge < -0.3 is 5.32 Å². The number of nitrogens with one attached hydrogen (secondary N) is 3. The lowest BCUT2D eigenvalue weighted by molar-refractivity contribution is -0.121. The molecule has 2 atom stereocenters. The molecule has 1 aliphatic heterocycles. The molecule has 108 valence electrons. The lowest BCUT2D eigenvalue weighted by Crippen LogP contribution is -2.50. The second-order valence-corrected chi connectivity index (χ2v) is 6.05. The average molecular weight is 289 g/mol. The smallest absolute Gasteiger partial charge is 0.312 e. The van der Waals surface area contributed by atoms with Crippen LogP contribution in [-0.2, 0) is 10.2 Å². The SMILES string of the molecule is CC1CCCNC1CNS(=O)(=O)NCC(F)(F)F. The van der Waals surface area contributed by atoms with E-state index >= 15 is 0 Å². The monoisotopic (exact) mass is 289 g/mol. The van der Waals surface area contributed by atoms with Crippen LogP contribution < -0.4 is 14.8 Å². The van der Waals surface area contributed by atoms with E-state index in [0.717, 1.165) is 19.4 Å². The highest BCUT2D eigenvalue weighted by atomic mass is 32.2. The van der Waals surface area contributed by atoms with Crippen LogP contribution in [0.1, 0.15) is 19.8 Å². The molecular formula is C9H18F3N3O2S. The number of piperidine rings is 1. The minimum Gasteiger partial charge on any atom is -0.312 e. The third kappa shape index (κ3) is 5.98. The van der Waals surface area contributed by atoms with Crippen molar-refractivity contribution in [3.05, 3.63) is 0 Å². The van der Waals surface area contributed by atoms with Crippen molar-refractivity contribution in [3.8, 4) is 0 Å². The molecule has 0 radical (unpaired) electrons. The Labute approximate surface area is 105 Å². The Kier molecular flexibility index (Phi) is 5.38. The molecule has 9 heteroatoms. The molecule has 3 N–H and O–H groups in total. The Morgan fingerprint density at radius 2 is 2.00 bits per heavy atom. The summed E-state index contributed by atoms with van der Waals surface area (Å²) in [6.07, 6.45) is -2.54. The third-order valence-electron chi connectivity index (χ3n) is 2.89. The summed E-state index contributed by atoms with van der Waals surface area (Å²) in [5.74, 6) is 0.295. The van der Waals surface area contributed by atoms with E-state index < -0.39 is 22.9 Å². The number of hydrogen-bond acceptors (Lipinski definition) is 3. The maximum absolute atomic E-state index is 11.9. The second kappa shape index (κ2) is 6.18. The second-order valence-electron chi connectivity index (χ2n) is 4.47. The summed E-state index contributed by atoms with van der Waals surface area (Å²) in [4.78, 5) is 0. The quantitative estimate of drug-likeness (QED) is 0.684. The Balaban J connectivity index is 2.36. The van der Waals surface area contributed by atoms with Crippen LogP contribution in [0, 0.1) is 5.92 Å². The van der Waals surface area contributed by atoms with Crippen molar-refractivity contribution in [3.63, 3.8) is 0 Å². The molecule has 0 aliphatic carbocycles. The fourth-order valence-corrected chi connectivity index (χ4v) is 2.67. The standard InChI is InChI=1S/C9H18F3N3O2S/c1-7-3-2-4-13-8(7)5-14-18(16,17)15-6-9(10,11)12/h7-8,13-15H,2-6H2,1H3. The van der Waals surface area contributed by atoms with Crippen LogP contribution in [0.15, 0.2) is 0 Å². The summed E-state index contributed by atoms with van der Waals surface area (Å²) in [5.41, 5.74) is 0. The van der Waals surface area contributed by atoms with Crippen molar-refractivity contribution < 1.29 is 21.6 Å². The third-order valence-corrected chi connectivity index (χ3v) is 3.96. The molecule has 0 spiro atoms. The molecule has 18 heavy (non-hydrogen) atoms. The van der Waals surface area contributed by atoms with Gasteiger partial charge in [-0.15, -0.1) is 0 Å². The van der Waals surface area contributed by atoms with E-state index in [0.29, 0.717) is 5.92 Å². The summed E-state index contributed by atoms with van der Waals surface area (Å²) in [6.45, 7) is 1.31. The highest BCUT2D eigenvalue weighted by Gasteiger charge is 2.30. The zero-order valence-electron chi connectivity index (χ0n) is 10.0. The van der Waals surface area contributed by atoms with Crippen LogP contribution in [0.5, 0.6) is 0 Å². The van der Waals surface area contributed by atoms with Gasteiger partial charge in [0.2, 0.25) is 0 Å². The van der Waals surface area contributed by atoms with Gasteiger partial charge in [-0.05, 0) is 25.3 Å². The Hall–Kier alpha value is -0.380. The lowest BCUT2D eigenvalue weighted by atomic mass is 9.93. The predicted molar refractivity (Wildman–Crippen MR) is 61.2 cm³/mol. The van der Waals surface area contributed by atoms with Crippen molar-refractivity contribution in [2.45, 2.75) is 32.0 Å². The number of hydrogen-bond donors (Lipinski definition) is 3. The van der Waals surface area contributed by atoms with Gasteiger partial charge >= 0.3 is 6.18 Å². The van der Waals surface area contributed by atoms with Gasteiger partial charge in [0.1, 0.15) is 6.54 Å². The first-order valence-electron chi connectivity index (χ1n) is 5.74. The van der Waals surface area contributed by atoms with Crippen LogP contribution in [-0.4, -0.2) is 40.3 Å². The Morgan fingerprint density at radius 1 is 1.33 bits per heavy atom. The van der Waals surface area contributed by atoms with Gasteiger partial charge in [0.25, 0.3) is 10.2 Å². The Bertz CT molecular complexity index is 359. The molecule has 1 rings (SSSR count). The van der Waals surface area contributed by atoms with E-state index in [4.69, 9.17) is 0 Å². The van der Waals surface area contributed by atoms with E-state index in [1.165, 1.54) is 4.72 Å². The fraction of sp³-hybridized carbons (Fsp3) is 1.00. The summed E-state index contributed by atoms with van der Waals surface area (Å²) in [5, 5.41) is 3.14. The molecule has 0 bridgehead atoms. The van der Waals surface area contributed by atoms with Gasteiger partial charge in [0.15, 0.2) is 0 Å². The van der Waals surface area contributed by atoms with Crippen molar-refractivity contribution in [1.29, 1.82) is 0 Å². The zero-order valence-corrected chi connectivity index (χ0v) is 10.9. The molecule has 5 nitrogen and oxygen atoms in total. The molecule has 0 aromatic rings. The molecule has 0 aromatic heterocycles. The molecule has 0 amide bonds. The van der Waals surface area contributed by atoms with Crippen LogP contribution >= 0.6 is 0 Å². The number of alkyl halides is 3. The highest BCUT2D eigenvalue weighted by Crippen LogP contribution is 2.15.